The number of carboxylic acid groups (broad SMARTS) is 1. The van der Waals surface area contributed by atoms with Gasteiger partial charge in [0.2, 0.25) is 5.88 Å². The number of aliphatic carboxylic acids is 1. The lowest BCUT2D eigenvalue weighted by atomic mass is 10.1. The zero-order valence-corrected chi connectivity index (χ0v) is 22.7. The molecule has 0 saturated carbocycles. The van der Waals surface area contributed by atoms with Crippen LogP contribution in [0, 0.1) is 6.92 Å². The molecule has 1 aromatic heterocycles. The molecule has 1 N–H and O–H groups in total. The van der Waals surface area contributed by atoms with Crippen molar-refractivity contribution in [3.05, 3.63) is 90.1 Å². The largest absolute Gasteiger partial charge is 0.482 e. The van der Waals surface area contributed by atoms with Crippen molar-refractivity contribution in [1.29, 1.82) is 0 Å². The second-order valence-corrected chi connectivity index (χ2v) is 11.8. The predicted molar refractivity (Wildman–Crippen MR) is 143 cm³/mol. The second kappa shape index (κ2) is 11.6. The molecule has 7 nitrogen and oxygen atoms in total. The Morgan fingerprint density at radius 3 is 2.25 bits per heavy atom. The van der Waals surface area contributed by atoms with E-state index in [1.807, 2.05) is 12.1 Å². The molecule has 0 fully saturated rings. The van der Waals surface area contributed by atoms with Crippen LogP contribution in [0.3, 0.4) is 0 Å². The van der Waals surface area contributed by atoms with Gasteiger partial charge in [-0.25, -0.2) is 18.2 Å². The van der Waals surface area contributed by atoms with Crippen LogP contribution in [0.4, 0.5) is 13.2 Å². The Labute approximate surface area is 232 Å². The molecule has 0 saturated heterocycles. The lowest BCUT2D eigenvalue weighted by molar-refractivity contribution is -0.139. The highest BCUT2D eigenvalue weighted by molar-refractivity contribution is 7.99. The average Bonchev–Trinajstić information content (AvgIpc) is 2.87. The fourth-order valence-electron chi connectivity index (χ4n) is 3.60. The molecular weight excluding hydrogens is 567 g/mol. The van der Waals surface area contributed by atoms with Crippen LogP contribution in [0.1, 0.15) is 11.1 Å². The first-order valence-corrected chi connectivity index (χ1v) is 14.3. The molecule has 0 amide bonds. The Hall–Kier alpha value is -4.03. The summed E-state index contributed by atoms with van der Waals surface area (Å²) >= 11 is 1.36. The van der Waals surface area contributed by atoms with Crippen molar-refractivity contribution in [3.8, 4) is 28.5 Å². The van der Waals surface area contributed by atoms with Gasteiger partial charge in [-0.2, -0.15) is 13.2 Å². The number of ether oxygens (including phenoxy) is 2. The van der Waals surface area contributed by atoms with Crippen LogP contribution in [0.5, 0.6) is 17.4 Å². The van der Waals surface area contributed by atoms with Crippen LogP contribution >= 0.6 is 11.8 Å². The van der Waals surface area contributed by atoms with E-state index in [-0.39, 0.29) is 10.8 Å². The van der Waals surface area contributed by atoms with Gasteiger partial charge in [-0.15, -0.1) is 0 Å². The van der Waals surface area contributed by atoms with Gasteiger partial charge in [0.05, 0.1) is 10.5 Å². The second-order valence-electron chi connectivity index (χ2n) is 8.69. The maximum Gasteiger partial charge on any atom is 0.417 e. The number of carbonyl (C=O) groups is 1. The van der Waals surface area contributed by atoms with Crippen molar-refractivity contribution < 1.29 is 41.0 Å². The number of halogens is 3. The standard InChI is InChI=1S/C28H22F3NO6S2/c1-17-11-22(6-9-25(17)37-16-27(33)34)39-23-13-19(18-3-7-24(8-4-18)40(2,35)36)12-21(14-23)38-26-10-5-20(15-32-26)28(29,30)31/h3-15H,16H2,1-2H3,(H,33,34). The van der Waals surface area contributed by atoms with Gasteiger partial charge in [0, 0.05) is 28.3 Å². The topological polar surface area (TPSA) is 103 Å². The van der Waals surface area contributed by atoms with Crippen molar-refractivity contribution in [1.82, 2.24) is 4.98 Å². The Kier molecular flexibility index (Phi) is 8.40. The Morgan fingerprint density at radius 2 is 1.68 bits per heavy atom. The summed E-state index contributed by atoms with van der Waals surface area (Å²) in [5.41, 5.74) is 1.19. The van der Waals surface area contributed by atoms with Crippen LogP contribution in [0.25, 0.3) is 11.1 Å². The summed E-state index contributed by atoms with van der Waals surface area (Å²) in [6.45, 7) is 1.32. The molecule has 0 spiro atoms. The van der Waals surface area contributed by atoms with Crippen LogP contribution in [0.2, 0.25) is 0 Å². The molecule has 0 radical (unpaired) electrons. The highest BCUT2D eigenvalue weighted by atomic mass is 32.2. The highest BCUT2D eigenvalue weighted by Crippen LogP contribution is 2.38. The van der Waals surface area contributed by atoms with E-state index in [0.717, 1.165) is 28.8 Å². The summed E-state index contributed by atoms with van der Waals surface area (Å²) < 4.78 is 73.6. The first-order chi connectivity index (χ1) is 18.8. The van der Waals surface area contributed by atoms with Crippen molar-refractivity contribution in [3.63, 3.8) is 0 Å². The summed E-state index contributed by atoms with van der Waals surface area (Å²) in [6, 6.07) is 18.8. The molecule has 1 heterocycles. The van der Waals surface area contributed by atoms with Gasteiger partial charge in [0.1, 0.15) is 11.5 Å². The Balaban J connectivity index is 1.67. The molecule has 0 atom stereocenters. The average molecular weight is 590 g/mol. The minimum absolute atomic E-state index is 0.0377. The number of nitrogens with zero attached hydrogens (tertiary/aromatic N) is 1. The smallest absolute Gasteiger partial charge is 0.417 e. The Morgan fingerprint density at radius 1 is 0.950 bits per heavy atom. The molecule has 0 bridgehead atoms. The maximum atomic E-state index is 12.9. The number of carboxylic acids is 1. The van der Waals surface area contributed by atoms with E-state index in [2.05, 4.69) is 4.98 Å². The molecule has 4 aromatic rings. The molecule has 0 aliphatic heterocycles. The van der Waals surface area contributed by atoms with Gasteiger partial charge in [-0.3, -0.25) is 0 Å². The van der Waals surface area contributed by atoms with Gasteiger partial charge >= 0.3 is 12.1 Å². The number of benzene rings is 3. The van der Waals surface area contributed by atoms with Gasteiger partial charge in [-0.05, 0) is 78.2 Å². The predicted octanol–water partition coefficient (Wildman–Crippen LogP) is 6.89. The monoisotopic (exact) mass is 589 g/mol. The quantitative estimate of drug-likeness (QED) is 0.225. The third-order valence-corrected chi connectivity index (χ3v) is 7.60. The lowest BCUT2D eigenvalue weighted by Crippen LogP contribution is -2.09. The summed E-state index contributed by atoms with van der Waals surface area (Å²) in [5, 5.41) is 8.85. The zero-order chi connectivity index (χ0) is 29.1. The van der Waals surface area contributed by atoms with Crippen LogP contribution in [0.15, 0.2) is 93.7 Å². The van der Waals surface area contributed by atoms with Gasteiger partial charge in [0.25, 0.3) is 0 Å². The van der Waals surface area contributed by atoms with Crippen molar-refractivity contribution >= 4 is 27.6 Å². The molecule has 208 valence electrons. The SMILES string of the molecule is Cc1cc(Sc2cc(Oc3ccc(C(F)(F)F)cn3)cc(-c3ccc(S(C)(=O)=O)cc3)c2)ccc1OCC(=O)O. The van der Waals surface area contributed by atoms with E-state index < -0.39 is 34.2 Å². The molecule has 0 unspecified atom stereocenters. The number of aromatic nitrogens is 1. The summed E-state index contributed by atoms with van der Waals surface area (Å²) in [4.78, 5) is 16.3. The van der Waals surface area contributed by atoms with E-state index >= 15 is 0 Å². The van der Waals surface area contributed by atoms with Crippen LogP contribution < -0.4 is 9.47 Å². The number of pyridine rings is 1. The highest BCUT2D eigenvalue weighted by Gasteiger charge is 2.30. The number of rotatable bonds is 9. The fourth-order valence-corrected chi connectivity index (χ4v) is 5.24. The van der Waals surface area contributed by atoms with Crippen molar-refractivity contribution in [2.45, 2.75) is 27.8 Å². The molecule has 0 aliphatic rings. The van der Waals surface area contributed by atoms with Gasteiger partial charge in [-0.1, -0.05) is 23.9 Å². The fraction of sp³-hybridized carbons (Fsp3) is 0.143. The molecular formula is C28H22F3NO6S2. The first-order valence-electron chi connectivity index (χ1n) is 11.6. The minimum atomic E-state index is -4.53. The van der Waals surface area contributed by atoms with E-state index in [9.17, 15) is 26.4 Å². The van der Waals surface area contributed by atoms with E-state index in [4.69, 9.17) is 14.6 Å². The third-order valence-electron chi connectivity index (χ3n) is 5.52. The lowest BCUT2D eigenvalue weighted by Gasteiger charge is -2.13. The summed E-state index contributed by atoms with van der Waals surface area (Å²) in [7, 11) is -3.39. The summed E-state index contributed by atoms with van der Waals surface area (Å²) in [6.07, 6.45) is -2.72. The number of hydrogen-bond donors (Lipinski definition) is 1. The minimum Gasteiger partial charge on any atom is -0.482 e. The molecule has 4 rings (SSSR count). The number of alkyl halides is 3. The normalized spacial score (nSPS) is 11.7. The van der Waals surface area contributed by atoms with Gasteiger partial charge in [0.15, 0.2) is 16.4 Å². The molecule has 12 heteroatoms. The van der Waals surface area contributed by atoms with Crippen LogP contribution in [-0.2, 0) is 20.8 Å². The van der Waals surface area contributed by atoms with Gasteiger partial charge < -0.3 is 14.6 Å². The molecule has 0 aliphatic carbocycles. The van der Waals surface area contributed by atoms with E-state index in [1.54, 1.807) is 43.3 Å². The van der Waals surface area contributed by atoms with Crippen LogP contribution in [-0.4, -0.2) is 37.3 Å². The Bertz CT molecular complexity index is 1640. The molecule has 40 heavy (non-hydrogen) atoms. The number of hydrogen-bond acceptors (Lipinski definition) is 7. The molecule has 3 aromatic carbocycles. The van der Waals surface area contributed by atoms with E-state index in [0.29, 0.717) is 33.7 Å². The van der Waals surface area contributed by atoms with Crippen molar-refractivity contribution in [2.75, 3.05) is 12.9 Å². The van der Waals surface area contributed by atoms with Crippen molar-refractivity contribution in [2.24, 2.45) is 0 Å². The summed E-state index contributed by atoms with van der Waals surface area (Å²) in [5.74, 6) is -0.389. The maximum absolute atomic E-state index is 12.9. The number of sulfone groups is 1. The van der Waals surface area contributed by atoms with E-state index in [1.165, 1.54) is 23.9 Å². The number of aryl methyl sites for hydroxylation is 1. The first kappa shape index (κ1) is 29.0. The zero-order valence-electron chi connectivity index (χ0n) is 21.1. The third kappa shape index (κ3) is 7.54.